The lowest BCUT2D eigenvalue weighted by Gasteiger charge is -2.22. The van der Waals surface area contributed by atoms with E-state index in [2.05, 4.69) is 169 Å². The average molecular weight is 675 g/mol. The van der Waals surface area contributed by atoms with Crippen molar-refractivity contribution in [3.8, 4) is 34.1 Å². The highest BCUT2D eigenvalue weighted by atomic mass is 16.5. The number of pyridine rings is 1. The van der Waals surface area contributed by atoms with Crippen molar-refractivity contribution in [2.75, 3.05) is 0 Å². The molecule has 0 saturated carbocycles. The number of aryl methyl sites for hydroxylation is 2. The van der Waals surface area contributed by atoms with Gasteiger partial charge in [-0.2, -0.15) is 5.10 Å². The predicted octanol–water partition coefficient (Wildman–Crippen LogP) is 12.4. The van der Waals surface area contributed by atoms with Gasteiger partial charge in [-0.05, 0) is 108 Å². The van der Waals surface area contributed by atoms with Crippen LogP contribution in [0.3, 0.4) is 0 Å². The standard InChI is InChI=1S/C46H50N4O/c1-10-11-15-32-18-21-41-40(24-32)39-20-19-37(29-42(39)49(41)43-27-34(22-23-47-43)45(4,5)6)51-38-26-35(46(7,8)9)25-36(28-38)50-31(3)44(30(2)48-50)33-16-13-12-14-17-33/h12-14,16-29H,10-11,15H2,1-9H3. The van der Waals surface area contributed by atoms with Crippen LogP contribution in [0.1, 0.15) is 89.4 Å². The van der Waals surface area contributed by atoms with E-state index in [1.807, 2.05) is 6.20 Å². The van der Waals surface area contributed by atoms with E-state index in [9.17, 15) is 0 Å². The summed E-state index contributed by atoms with van der Waals surface area (Å²) >= 11 is 0. The topological polar surface area (TPSA) is 44.9 Å². The quantitative estimate of drug-likeness (QED) is 0.161. The summed E-state index contributed by atoms with van der Waals surface area (Å²) in [6.45, 7) is 20.0. The molecule has 51 heavy (non-hydrogen) atoms. The van der Waals surface area contributed by atoms with Crippen molar-refractivity contribution in [3.63, 3.8) is 0 Å². The number of aromatic nitrogens is 4. The minimum atomic E-state index is -0.0952. The van der Waals surface area contributed by atoms with Crippen LogP contribution in [0.4, 0.5) is 0 Å². The first-order chi connectivity index (χ1) is 24.3. The number of ether oxygens (including phenoxy) is 1. The third-order valence-corrected chi connectivity index (χ3v) is 10.1. The van der Waals surface area contributed by atoms with Gasteiger partial charge >= 0.3 is 0 Å². The summed E-state index contributed by atoms with van der Waals surface area (Å²) in [6.07, 6.45) is 5.37. The van der Waals surface area contributed by atoms with Gasteiger partial charge in [-0.1, -0.05) is 91.3 Å². The van der Waals surface area contributed by atoms with Gasteiger partial charge in [0.15, 0.2) is 0 Å². The van der Waals surface area contributed by atoms with Crippen LogP contribution in [0.15, 0.2) is 103 Å². The van der Waals surface area contributed by atoms with Gasteiger partial charge in [-0.15, -0.1) is 0 Å². The fourth-order valence-electron chi connectivity index (χ4n) is 7.15. The molecule has 0 aliphatic heterocycles. The van der Waals surface area contributed by atoms with E-state index in [-0.39, 0.29) is 10.8 Å². The highest BCUT2D eigenvalue weighted by Crippen LogP contribution is 2.38. The Kier molecular flexibility index (Phi) is 8.87. The van der Waals surface area contributed by atoms with Gasteiger partial charge in [0, 0.05) is 40.4 Å². The Labute approximate surface area is 302 Å². The largest absolute Gasteiger partial charge is 0.457 e. The second-order valence-corrected chi connectivity index (χ2v) is 16.0. The number of hydrogen-bond acceptors (Lipinski definition) is 3. The van der Waals surface area contributed by atoms with Crippen molar-refractivity contribution in [2.45, 2.75) is 92.4 Å². The Morgan fingerprint density at radius 3 is 2.18 bits per heavy atom. The first-order valence-electron chi connectivity index (χ1n) is 18.3. The normalized spacial score (nSPS) is 12.3. The van der Waals surface area contributed by atoms with Crippen molar-refractivity contribution in [2.24, 2.45) is 0 Å². The molecule has 260 valence electrons. The lowest BCUT2D eigenvalue weighted by Crippen LogP contribution is -2.12. The monoisotopic (exact) mass is 674 g/mol. The van der Waals surface area contributed by atoms with Gasteiger partial charge in [-0.3, -0.25) is 4.57 Å². The van der Waals surface area contributed by atoms with Crippen LogP contribution >= 0.6 is 0 Å². The summed E-state index contributed by atoms with van der Waals surface area (Å²) in [5, 5.41) is 7.47. The van der Waals surface area contributed by atoms with E-state index in [1.54, 1.807) is 0 Å². The smallest absolute Gasteiger partial charge is 0.137 e. The molecule has 0 radical (unpaired) electrons. The highest BCUT2D eigenvalue weighted by molar-refractivity contribution is 6.09. The van der Waals surface area contributed by atoms with Crippen LogP contribution in [0.2, 0.25) is 0 Å². The SMILES string of the molecule is CCCCc1ccc2c(c1)c1ccc(Oc3cc(-n4nc(C)c(-c5ccccc5)c4C)cc(C(C)(C)C)c3)cc1n2-c1cc(C(C)(C)C)ccn1. The third-order valence-electron chi connectivity index (χ3n) is 10.1. The highest BCUT2D eigenvalue weighted by Gasteiger charge is 2.22. The van der Waals surface area contributed by atoms with E-state index in [4.69, 9.17) is 14.8 Å². The number of hydrogen-bond donors (Lipinski definition) is 0. The van der Waals surface area contributed by atoms with Crippen LogP contribution in [0, 0.1) is 13.8 Å². The van der Waals surface area contributed by atoms with Crippen molar-refractivity contribution in [1.82, 2.24) is 19.3 Å². The molecular formula is C46H50N4O. The lowest BCUT2D eigenvalue weighted by atomic mass is 9.86. The Morgan fingerprint density at radius 1 is 0.686 bits per heavy atom. The van der Waals surface area contributed by atoms with Crippen LogP contribution in [0.25, 0.3) is 44.4 Å². The van der Waals surface area contributed by atoms with Crippen LogP contribution < -0.4 is 4.74 Å². The van der Waals surface area contributed by atoms with Crippen molar-refractivity contribution >= 4 is 21.8 Å². The Morgan fingerprint density at radius 2 is 1.45 bits per heavy atom. The van der Waals surface area contributed by atoms with Gasteiger partial charge in [0.2, 0.25) is 0 Å². The molecule has 3 heterocycles. The molecule has 0 spiro atoms. The molecule has 0 unspecified atom stereocenters. The van der Waals surface area contributed by atoms with Gasteiger partial charge in [0.25, 0.3) is 0 Å². The maximum atomic E-state index is 6.81. The second-order valence-electron chi connectivity index (χ2n) is 16.0. The summed E-state index contributed by atoms with van der Waals surface area (Å²) in [4.78, 5) is 4.92. The molecule has 0 aliphatic rings. The summed E-state index contributed by atoms with van der Waals surface area (Å²) in [7, 11) is 0. The summed E-state index contributed by atoms with van der Waals surface area (Å²) in [5.74, 6) is 2.47. The molecule has 0 atom stereocenters. The van der Waals surface area contributed by atoms with Crippen LogP contribution in [-0.2, 0) is 17.3 Å². The molecular weight excluding hydrogens is 625 g/mol. The zero-order chi connectivity index (χ0) is 36.1. The van der Waals surface area contributed by atoms with Gasteiger partial charge in [0.05, 0.1) is 22.4 Å². The number of nitrogens with zero attached hydrogens (tertiary/aromatic N) is 4. The van der Waals surface area contributed by atoms with E-state index >= 15 is 0 Å². The maximum Gasteiger partial charge on any atom is 0.137 e. The molecule has 5 nitrogen and oxygen atoms in total. The van der Waals surface area contributed by atoms with Crippen LogP contribution in [-0.4, -0.2) is 19.3 Å². The minimum absolute atomic E-state index is 0.00114. The summed E-state index contributed by atoms with van der Waals surface area (Å²) in [6, 6.07) is 34.8. The number of benzene rings is 4. The van der Waals surface area contributed by atoms with E-state index < -0.39 is 0 Å². The molecule has 7 aromatic rings. The van der Waals surface area contributed by atoms with Gasteiger partial charge < -0.3 is 4.74 Å². The van der Waals surface area contributed by atoms with Crippen molar-refractivity contribution < 1.29 is 4.74 Å². The maximum absolute atomic E-state index is 6.81. The van der Waals surface area contributed by atoms with Gasteiger partial charge in [-0.25, -0.2) is 9.67 Å². The predicted molar refractivity (Wildman–Crippen MR) is 213 cm³/mol. The minimum Gasteiger partial charge on any atom is -0.457 e. The zero-order valence-corrected chi connectivity index (χ0v) is 31.6. The molecule has 0 fully saturated rings. The molecule has 0 bridgehead atoms. The molecule has 5 heteroatoms. The first kappa shape index (κ1) is 34.3. The van der Waals surface area contributed by atoms with Crippen molar-refractivity contribution in [3.05, 3.63) is 131 Å². The number of fused-ring (bicyclic) bond motifs is 3. The summed E-state index contributed by atoms with van der Waals surface area (Å²) < 4.78 is 11.2. The fourth-order valence-corrected chi connectivity index (χ4v) is 7.15. The van der Waals surface area contributed by atoms with E-state index in [0.717, 1.165) is 51.8 Å². The van der Waals surface area contributed by atoms with E-state index in [0.29, 0.717) is 0 Å². The molecule has 0 saturated heterocycles. The molecule has 4 aromatic carbocycles. The average Bonchev–Trinajstić information content (AvgIpc) is 3.58. The zero-order valence-electron chi connectivity index (χ0n) is 31.6. The molecule has 0 amide bonds. The number of rotatable bonds is 8. The number of unbranched alkanes of at least 4 members (excludes halogenated alkanes) is 1. The molecule has 3 aromatic heterocycles. The van der Waals surface area contributed by atoms with Crippen LogP contribution in [0.5, 0.6) is 11.5 Å². The first-order valence-corrected chi connectivity index (χ1v) is 18.3. The summed E-state index contributed by atoms with van der Waals surface area (Å²) in [5.41, 5.74) is 11.4. The molecule has 0 N–H and O–H groups in total. The van der Waals surface area contributed by atoms with Gasteiger partial charge in [0.1, 0.15) is 17.3 Å². The Bertz CT molecular complexity index is 2360. The molecule has 7 rings (SSSR count). The second kappa shape index (κ2) is 13.2. The van der Waals surface area contributed by atoms with E-state index in [1.165, 1.54) is 51.4 Å². The Hall–Kier alpha value is -5.16. The molecule has 0 aliphatic carbocycles. The lowest BCUT2D eigenvalue weighted by molar-refractivity contribution is 0.478. The fraction of sp³-hybridized carbons (Fsp3) is 0.304. The Balaban J connectivity index is 1.36. The third kappa shape index (κ3) is 6.70. The van der Waals surface area contributed by atoms with Crippen molar-refractivity contribution in [1.29, 1.82) is 0 Å².